The van der Waals surface area contributed by atoms with E-state index < -0.39 is 18.0 Å². The van der Waals surface area contributed by atoms with Crippen LogP contribution in [0.3, 0.4) is 0 Å². The summed E-state index contributed by atoms with van der Waals surface area (Å²) in [6.07, 6.45) is 4.19. The van der Waals surface area contributed by atoms with E-state index in [2.05, 4.69) is 34.9 Å². The number of hydrogen-bond donors (Lipinski definition) is 3. The van der Waals surface area contributed by atoms with Crippen LogP contribution in [-0.4, -0.2) is 42.3 Å². The second-order valence-electron chi connectivity index (χ2n) is 9.99. The van der Waals surface area contributed by atoms with E-state index in [-0.39, 0.29) is 36.3 Å². The fourth-order valence-corrected chi connectivity index (χ4v) is 6.21. The summed E-state index contributed by atoms with van der Waals surface area (Å²) in [5, 5.41) is 15.2. The maximum Gasteiger partial charge on any atom is 0.407 e. The third-order valence-electron chi connectivity index (χ3n) is 8.01. The molecule has 0 saturated heterocycles. The summed E-state index contributed by atoms with van der Waals surface area (Å²) in [4.78, 5) is 36.9. The minimum absolute atomic E-state index is 0.00625. The van der Waals surface area contributed by atoms with Gasteiger partial charge < -0.3 is 20.5 Å². The van der Waals surface area contributed by atoms with Gasteiger partial charge in [0.15, 0.2) is 0 Å². The van der Waals surface area contributed by atoms with Crippen molar-refractivity contribution in [2.45, 2.75) is 50.5 Å². The molecule has 0 aliphatic heterocycles. The second kappa shape index (κ2) is 10.1. The monoisotopic (exact) mass is 476 g/mol. The number of amides is 2. The first-order valence-corrected chi connectivity index (χ1v) is 12.6. The Kier molecular flexibility index (Phi) is 6.75. The van der Waals surface area contributed by atoms with Gasteiger partial charge in [0.25, 0.3) is 0 Å². The van der Waals surface area contributed by atoms with Crippen molar-refractivity contribution in [3.05, 3.63) is 59.7 Å². The maximum absolute atomic E-state index is 12.9. The predicted octanol–water partition coefficient (Wildman–Crippen LogP) is 4.31. The van der Waals surface area contributed by atoms with Crippen LogP contribution in [-0.2, 0) is 14.3 Å². The molecule has 2 amide bonds. The first-order chi connectivity index (χ1) is 17.0. The molecule has 7 nitrogen and oxygen atoms in total. The minimum Gasteiger partial charge on any atom is -0.481 e. The number of alkyl carbamates (subject to hydrolysis) is 1. The Bertz CT molecular complexity index is 1070. The molecule has 2 aromatic rings. The van der Waals surface area contributed by atoms with E-state index in [1.807, 2.05) is 24.3 Å². The molecule has 0 bridgehead atoms. The zero-order chi connectivity index (χ0) is 24.4. The fraction of sp³-hybridized carbons (Fsp3) is 0.464. The standard InChI is InChI=1S/C28H32N2O5/c31-26(30-25-14-6-13-23(25)27(32)33)18-12-5-7-17(18)15-29-28(34)35-16-24-21-10-3-1-8-19(21)20-9-2-4-11-22(20)24/h1-4,8-11,17-18,23-25H,5-7,12-16H2,(H,29,34)(H,30,31)(H,32,33)/t17-,18-,23?,25?/m0/s1. The van der Waals surface area contributed by atoms with Crippen molar-refractivity contribution in [1.29, 1.82) is 0 Å². The highest BCUT2D eigenvalue weighted by Gasteiger charge is 2.38. The first-order valence-electron chi connectivity index (χ1n) is 12.6. The minimum atomic E-state index is -0.840. The molecule has 3 aliphatic rings. The first kappa shape index (κ1) is 23.4. The number of carbonyl (C=O) groups excluding carboxylic acids is 2. The number of ether oxygens (including phenoxy) is 1. The summed E-state index contributed by atoms with van der Waals surface area (Å²) in [5.74, 6) is -1.60. The van der Waals surface area contributed by atoms with E-state index in [0.29, 0.717) is 19.4 Å². The van der Waals surface area contributed by atoms with Crippen LogP contribution in [0.25, 0.3) is 11.1 Å². The molecule has 2 fully saturated rings. The molecule has 7 heteroatoms. The van der Waals surface area contributed by atoms with Crippen molar-refractivity contribution in [3.63, 3.8) is 0 Å². The Balaban J connectivity index is 1.14. The van der Waals surface area contributed by atoms with E-state index in [9.17, 15) is 19.5 Å². The molecule has 0 spiro atoms. The molecule has 0 heterocycles. The zero-order valence-corrected chi connectivity index (χ0v) is 19.7. The number of aliphatic carboxylic acids is 1. The molecule has 2 aromatic carbocycles. The number of fused-ring (bicyclic) bond motifs is 3. The third kappa shape index (κ3) is 4.77. The summed E-state index contributed by atoms with van der Waals surface area (Å²) >= 11 is 0. The summed E-state index contributed by atoms with van der Waals surface area (Å²) in [7, 11) is 0. The van der Waals surface area contributed by atoms with Crippen LogP contribution >= 0.6 is 0 Å². The number of nitrogens with one attached hydrogen (secondary N) is 2. The summed E-state index contributed by atoms with van der Waals surface area (Å²) < 4.78 is 5.63. The summed E-state index contributed by atoms with van der Waals surface area (Å²) in [6, 6.07) is 16.1. The molecule has 35 heavy (non-hydrogen) atoms. The van der Waals surface area contributed by atoms with Crippen molar-refractivity contribution >= 4 is 18.0 Å². The topological polar surface area (TPSA) is 105 Å². The Labute approximate surface area is 205 Å². The molecule has 3 aliphatic carbocycles. The Hall–Kier alpha value is -3.35. The van der Waals surface area contributed by atoms with E-state index in [1.165, 1.54) is 22.3 Å². The lowest BCUT2D eigenvalue weighted by molar-refractivity contribution is -0.142. The molecule has 2 saturated carbocycles. The number of carbonyl (C=O) groups is 3. The third-order valence-corrected chi connectivity index (χ3v) is 8.01. The normalized spacial score (nSPS) is 25.0. The summed E-state index contributed by atoms with van der Waals surface area (Å²) in [6.45, 7) is 0.633. The lowest BCUT2D eigenvalue weighted by atomic mass is 9.94. The fourth-order valence-electron chi connectivity index (χ4n) is 6.21. The van der Waals surface area contributed by atoms with Crippen molar-refractivity contribution in [1.82, 2.24) is 10.6 Å². The molecular weight excluding hydrogens is 444 g/mol. The van der Waals surface area contributed by atoms with Gasteiger partial charge in [0, 0.05) is 24.4 Å². The van der Waals surface area contributed by atoms with Gasteiger partial charge in [0.05, 0.1) is 5.92 Å². The van der Waals surface area contributed by atoms with Gasteiger partial charge in [-0.25, -0.2) is 4.79 Å². The van der Waals surface area contributed by atoms with Crippen LogP contribution in [0.4, 0.5) is 4.79 Å². The maximum atomic E-state index is 12.9. The number of rotatable bonds is 7. The molecule has 4 atom stereocenters. The van der Waals surface area contributed by atoms with Crippen LogP contribution in [0, 0.1) is 17.8 Å². The summed E-state index contributed by atoms with van der Waals surface area (Å²) in [5.41, 5.74) is 4.70. The van der Waals surface area contributed by atoms with Gasteiger partial charge in [-0.1, -0.05) is 61.4 Å². The highest BCUT2D eigenvalue weighted by molar-refractivity contribution is 5.81. The van der Waals surface area contributed by atoms with Gasteiger partial charge >= 0.3 is 12.1 Å². The van der Waals surface area contributed by atoms with Crippen molar-refractivity contribution in [2.24, 2.45) is 17.8 Å². The Morgan fingerprint density at radius 3 is 2.17 bits per heavy atom. The largest absolute Gasteiger partial charge is 0.481 e. The van der Waals surface area contributed by atoms with Crippen molar-refractivity contribution < 1.29 is 24.2 Å². The number of carboxylic acids is 1. The number of benzene rings is 2. The number of hydrogen-bond acceptors (Lipinski definition) is 4. The van der Waals surface area contributed by atoms with E-state index in [4.69, 9.17) is 4.74 Å². The van der Waals surface area contributed by atoms with Crippen LogP contribution in [0.2, 0.25) is 0 Å². The lowest BCUT2D eigenvalue weighted by Gasteiger charge is -2.24. The molecule has 184 valence electrons. The van der Waals surface area contributed by atoms with Crippen molar-refractivity contribution in [3.8, 4) is 11.1 Å². The lowest BCUT2D eigenvalue weighted by Crippen LogP contribution is -2.45. The van der Waals surface area contributed by atoms with E-state index >= 15 is 0 Å². The van der Waals surface area contributed by atoms with Gasteiger partial charge in [0.2, 0.25) is 5.91 Å². The van der Waals surface area contributed by atoms with E-state index in [0.717, 1.165) is 25.7 Å². The Morgan fingerprint density at radius 2 is 1.49 bits per heavy atom. The molecule has 0 radical (unpaired) electrons. The highest BCUT2D eigenvalue weighted by atomic mass is 16.5. The molecule has 5 rings (SSSR count). The van der Waals surface area contributed by atoms with Gasteiger partial charge in [-0.05, 0) is 53.9 Å². The van der Waals surface area contributed by atoms with Crippen LogP contribution in [0.15, 0.2) is 48.5 Å². The zero-order valence-electron chi connectivity index (χ0n) is 19.7. The highest BCUT2D eigenvalue weighted by Crippen LogP contribution is 2.44. The van der Waals surface area contributed by atoms with Crippen molar-refractivity contribution in [2.75, 3.05) is 13.2 Å². The molecule has 2 unspecified atom stereocenters. The molecule has 3 N–H and O–H groups in total. The van der Waals surface area contributed by atoms with Crippen LogP contribution < -0.4 is 10.6 Å². The van der Waals surface area contributed by atoms with Gasteiger partial charge in [0.1, 0.15) is 6.61 Å². The SMILES string of the molecule is O=C(NC[C@@H]1CCC[C@@H]1C(=O)NC1CCCC1C(=O)O)OCC1c2ccccc2-c2ccccc21. The van der Waals surface area contributed by atoms with Crippen LogP contribution in [0.5, 0.6) is 0 Å². The molecular formula is C28H32N2O5. The molecule has 0 aromatic heterocycles. The quantitative estimate of drug-likeness (QED) is 0.552. The second-order valence-corrected chi connectivity index (χ2v) is 9.99. The Morgan fingerprint density at radius 1 is 0.857 bits per heavy atom. The van der Waals surface area contributed by atoms with Crippen LogP contribution in [0.1, 0.15) is 55.6 Å². The van der Waals surface area contributed by atoms with E-state index in [1.54, 1.807) is 0 Å². The van der Waals surface area contributed by atoms with Gasteiger partial charge in [-0.2, -0.15) is 0 Å². The average Bonchev–Trinajstić information content (AvgIpc) is 3.59. The van der Waals surface area contributed by atoms with Gasteiger partial charge in [-0.3, -0.25) is 9.59 Å². The number of carboxylic acid groups (broad SMARTS) is 1. The average molecular weight is 477 g/mol. The smallest absolute Gasteiger partial charge is 0.407 e. The predicted molar refractivity (Wildman–Crippen MR) is 131 cm³/mol. The van der Waals surface area contributed by atoms with Gasteiger partial charge in [-0.15, -0.1) is 0 Å².